The van der Waals surface area contributed by atoms with Crippen molar-refractivity contribution in [2.45, 2.75) is 126 Å². The van der Waals surface area contributed by atoms with E-state index in [1.807, 2.05) is 5.57 Å². The number of hydrogen-bond donors (Lipinski definition) is 0. The molecular formula is C30H50. The van der Waals surface area contributed by atoms with Crippen LogP contribution in [-0.4, -0.2) is 0 Å². The highest BCUT2D eigenvalue weighted by molar-refractivity contribution is 5.29. The van der Waals surface area contributed by atoms with Gasteiger partial charge in [-0.3, -0.25) is 0 Å². The molecule has 0 bridgehead atoms. The predicted molar refractivity (Wildman–Crippen MR) is 131 cm³/mol. The molecule has 4 saturated carbocycles. The Morgan fingerprint density at radius 3 is 2.27 bits per heavy atom. The lowest BCUT2D eigenvalue weighted by Crippen LogP contribution is -2.61. The van der Waals surface area contributed by atoms with E-state index in [1.165, 1.54) is 76.2 Å². The fraction of sp³-hybridized carbons (Fsp3) is 0.867. The number of fused-ring (bicyclic) bond motifs is 5. The molecule has 0 heteroatoms. The highest BCUT2D eigenvalue weighted by Gasteiger charge is 2.66. The molecule has 0 aliphatic heterocycles. The van der Waals surface area contributed by atoms with Crippen molar-refractivity contribution in [3.05, 3.63) is 22.8 Å². The first-order chi connectivity index (χ1) is 14.0. The van der Waals surface area contributed by atoms with Gasteiger partial charge in [-0.25, -0.2) is 0 Å². The predicted octanol–water partition coefficient (Wildman–Crippen LogP) is 9.51. The highest BCUT2D eigenvalue weighted by Crippen LogP contribution is 2.75. The van der Waals surface area contributed by atoms with Gasteiger partial charge < -0.3 is 0 Å². The van der Waals surface area contributed by atoms with E-state index in [4.69, 9.17) is 0 Å². The van der Waals surface area contributed by atoms with Crippen molar-refractivity contribution < 1.29 is 0 Å². The average molecular weight is 411 g/mol. The van der Waals surface area contributed by atoms with Crippen LogP contribution in [0.1, 0.15) is 126 Å². The summed E-state index contributed by atoms with van der Waals surface area (Å²) in [4.78, 5) is 0. The fourth-order valence-corrected chi connectivity index (χ4v) is 9.87. The minimum atomic E-state index is 0.526. The van der Waals surface area contributed by atoms with E-state index in [0.29, 0.717) is 21.7 Å². The smallest absolute Gasteiger partial charge is 0.0141 e. The van der Waals surface area contributed by atoms with Gasteiger partial charge in [0.25, 0.3) is 0 Å². The van der Waals surface area contributed by atoms with Gasteiger partial charge >= 0.3 is 0 Å². The molecule has 0 spiro atoms. The molecule has 0 aromatic heterocycles. The second kappa shape index (κ2) is 7.52. The fourth-order valence-electron chi connectivity index (χ4n) is 9.87. The summed E-state index contributed by atoms with van der Waals surface area (Å²) in [6, 6.07) is 0. The molecule has 0 heterocycles. The van der Waals surface area contributed by atoms with Gasteiger partial charge in [-0.2, -0.15) is 0 Å². The maximum Gasteiger partial charge on any atom is -0.0141 e. The summed E-state index contributed by atoms with van der Waals surface area (Å²) < 4.78 is 0. The molecule has 0 unspecified atom stereocenters. The maximum atomic E-state index is 2.76. The molecule has 0 amide bonds. The first-order valence-corrected chi connectivity index (χ1v) is 13.3. The van der Waals surface area contributed by atoms with Crippen LogP contribution in [-0.2, 0) is 0 Å². The van der Waals surface area contributed by atoms with Gasteiger partial charge in [0, 0.05) is 0 Å². The molecular weight excluding hydrogens is 360 g/mol. The van der Waals surface area contributed by atoms with Crippen LogP contribution in [0.15, 0.2) is 22.8 Å². The summed E-state index contributed by atoms with van der Waals surface area (Å²) in [5.41, 5.74) is 7.28. The molecule has 0 nitrogen and oxygen atoms in total. The van der Waals surface area contributed by atoms with Gasteiger partial charge in [-0.05, 0) is 124 Å². The monoisotopic (exact) mass is 410 g/mol. The van der Waals surface area contributed by atoms with E-state index in [0.717, 1.165) is 17.8 Å². The molecule has 4 aliphatic carbocycles. The van der Waals surface area contributed by atoms with Crippen LogP contribution in [0.2, 0.25) is 0 Å². The molecule has 4 fully saturated rings. The van der Waals surface area contributed by atoms with E-state index in [2.05, 4.69) is 61.5 Å². The summed E-state index contributed by atoms with van der Waals surface area (Å²) in [6.45, 7) is 20.4. The van der Waals surface area contributed by atoms with Crippen molar-refractivity contribution in [2.75, 3.05) is 0 Å². The van der Waals surface area contributed by atoms with Gasteiger partial charge in [-0.1, -0.05) is 63.8 Å². The zero-order valence-electron chi connectivity index (χ0n) is 21.6. The third kappa shape index (κ3) is 3.21. The van der Waals surface area contributed by atoms with E-state index in [9.17, 15) is 0 Å². The Morgan fingerprint density at radius 2 is 1.57 bits per heavy atom. The third-order valence-corrected chi connectivity index (χ3v) is 11.6. The molecule has 4 rings (SSSR count). The van der Waals surface area contributed by atoms with Crippen LogP contribution < -0.4 is 0 Å². The van der Waals surface area contributed by atoms with Gasteiger partial charge in [0.1, 0.15) is 0 Å². The Labute approximate surface area is 188 Å². The van der Waals surface area contributed by atoms with Crippen molar-refractivity contribution in [1.29, 1.82) is 0 Å². The molecule has 0 radical (unpaired) electrons. The molecule has 30 heavy (non-hydrogen) atoms. The molecule has 0 aromatic carbocycles. The summed E-state index contributed by atoms with van der Waals surface area (Å²) in [5.74, 6) is 2.75. The van der Waals surface area contributed by atoms with E-state index in [1.54, 1.807) is 5.57 Å². The molecule has 0 N–H and O–H groups in total. The van der Waals surface area contributed by atoms with Crippen molar-refractivity contribution in [3.63, 3.8) is 0 Å². The lowest BCUT2D eigenvalue weighted by atomic mass is 9.36. The zero-order valence-corrected chi connectivity index (χ0v) is 21.6. The minimum Gasteiger partial charge on any atom is -0.0856 e. The van der Waals surface area contributed by atoms with E-state index in [-0.39, 0.29) is 0 Å². The number of allylic oxidation sites excluding steroid dienone is 4. The third-order valence-electron chi connectivity index (χ3n) is 11.6. The normalized spacial score (nSPS) is 46.5. The van der Waals surface area contributed by atoms with Gasteiger partial charge in [0.2, 0.25) is 0 Å². The largest absolute Gasteiger partial charge is 0.0856 e. The Kier molecular flexibility index (Phi) is 5.68. The van der Waals surface area contributed by atoms with Crippen molar-refractivity contribution in [1.82, 2.24) is 0 Å². The van der Waals surface area contributed by atoms with Crippen LogP contribution in [0.25, 0.3) is 0 Å². The van der Waals surface area contributed by atoms with Crippen LogP contribution in [0.5, 0.6) is 0 Å². The summed E-state index contributed by atoms with van der Waals surface area (Å²) in [5, 5.41) is 0. The summed E-state index contributed by atoms with van der Waals surface area (Å²) in [7, 11) is 0. The van der Waals surface area contributed by atoms with E-state index >= 15 is 0 Å². The van der Waals surface area contributed by atoms with Crippen LogP contribution in [0.4, 0.5) is 0 Å². The SMILES string of the molecule is CC(C)=CCC/C(C)=C1\CC[C@]2(C)[C@@H]1CC[C@@H]1[C@@]3(C)CCCC(C)(C)[C@@H]3CC[C@]12C. The number of hydrogen-bond acceptors (Lipinski definition) is 0. The first kappa shape index (κ1) is 22.7. The number of rotatable bonds is 3. The Bertz CT molecular complexity index is 731. The van der Waals surface area contributed by atoms with Gasteiger partial charge in [0.05, 0.1) is 0 Å². The standard InChI is InChI=1S/C30H50/c1-21(2)11-9-12-22(3)23-15-19-29(7)24(23)13-14-26-28(6)18-10-17-27(4,5)25(28)16-20-30(26,29)8/h11,24-26H,9-10,12-20H2,1-8H3/b23-22+/t24-,25+,26-,28+,29-,30-/m1/s1. The molecule has 4 aliphatic rings. The Balaban J connectivity index is 1.64. The highest BCUT2D eigenvalue weighted by atomic mass is 14.7. The van der Waals surface area contributed by atoms with Crippen molar-refractivity contribution in [2.24, 2.45) is 39.4 Å². The second-order valence-corrected chi connectivity index (χ2v) is 13.6. The van der Waals surface area contributed by atoms with Crippen molar-refractivity contribution in [3.8, 4) is 0 Å². The Morgan fingerprint density at radius 1 is 0.833 bits per heavy atom. The zero-order chi connectivity index (χ0) is 21.9. The lowest BCUT2D eigenvalue weighted by molar-refractivity contribution is -0.197. The van der Waals surface area contributed by atoms with Crippen LogP contribution >= 0.6 is 0 Å². The van der Waals surface area contributed by atoms with Crippen LogP contribution in [0.3, 0.4) is 0 Å². The lowest BCUT2D eigenvalue weighted by Gasteiger charge is -2.69. The van der Waals surface area contributed by atoms with Gasteiger partial charge in [0.15, 0.2) is 0 Å². The van der Waals surface area contributed by atoms with Crippen molar-refractivity contribution >= 4 is 0 Å². The maximum absolute atomic E-state index is 2.76. The quantitative estimate of drug-likeness (QED) is 0.406. The topological polar surface area (TPSA) is 0 Å². The van der Waals surface area contributed by atoms with Gasteiger partial charge in [-0.15, -0.1) is 0 Å². The Hall–Kier alpha value is -0.520. The average Bonchev–Trinajstić information content (AvgIpc) is 2.99. The molecule has 6 atom stereocenters. The minimum absolute atomic E-state index is 0.526. The first-order valence-electron chi connectivity index (χ1n) is 13.3. The summed E-state index contributed by atoms with van der Waals surface area (Å²) in [6.07, 6.45) is 18.1. The van der Waals surface area contributed by atoms with Crippen LogP contribution in [0, 0.1) is 39.4 Å². The molecule has 0 saturated heterocycles. The second-order valence-electron chi connectivity index (χ2n) is 13.6. The summed E-state index contributed by atoms with van der Waals surface area (Å²) >= 11 is 0. The molecule has 170 valence electrons. The molecule has 0 aromatic rings. The van der Waals surface area contributed by atoms with E-state index < -0.39 is 0 Å².